The summed E-state index contributed by atoms with van der Waals surface area (Å²) in [5.74, 6) is -0.838. The highest BCUT2D eigenvalue weighted by atomic mass is 16.7. The third-order valence-electron chi connectivity index (χ3n) is 5.61. The summed E-state index contributed by atoms with van der Waals surface area (Å²) in [5.41, 5.74) is 0.794. The molecule has 0 N–H and O–H groups in total. The second-order valence-corrected chi connectivity index (χ2v) is 7.30. The van der Waals surface area contributed by atoms with Crippen molar-refractivity contribution in [1.82, 2.24) is 19.7 Å². The Bertz CT molecular complexity index is 746. The van der Waals surface area contributed by atoms with E-state index < -0.39 is 5.79 Å². The van der Waals surface area contributed by atoms with Gasteiger partial charge in [0.1, 0.15) is 0 Å². The van der Waals surface area contributed by atoms with Crippen LogP contribution in [-0.2, 0) is 14.3 Å². The van der Waals surface area contributed by atoms with Crippen LogP contribution >= 0.6 is 0 Å². The predicted octanol–water partition coefficient (Wildman–Crippen LogP) is -0.0251. The van der Waals surface area contributed by atoms with Gasteiger partial charge in [0.05, 0.1) is 24.3 Å². The quantitative estimate of drug-likeness (QED) is 0.676. The molecule has 1 aromatic rings. The minimum atomic E-state index is -0.531. The maximum absolute atomic E-state index is 12.9. The van der Waals surface area contributed by atoms with Crippen LogP contribution in [0.5, 0.6) is 0 Å². The highest BCUT2D eigenvalue weighted by Gasteiger charge is 2.41. The molecule has 0 bridgehead atoms. The molecule has 4 rings (SSSR count). The van der Waals surface area contributed by atoms with Gasteiger partial charge in [0, 0.05) is 64.5 Å². The first-order valence-corrected chi connectivity index (χ1v) is 9.61. The molecule has 150 valence electrons. The lowest BCUT2D eigenvalue weighted by Crippen LogP contribution is -2.48. The van der Waals surface area contributed by atoms with Gasteiger partial charge in [0.15, 0.2) is 5.79 Å². The summed E-state index contributed by atoms with van der Waals surface area (Å²) < 4.78 is 11.4. The average Bonchev–Trinajstić information content (AvgIpc) is 3.21. The first kappa shape index (κ1) is 18.8. The Morgan fingerprint density at radius 1 is 0.893 bits per heavy atom. The number of carbonyl (C=O) groups excluding carboxylic acids is 3. The second-order valence-electron chi connectivity index (χ2n) is 7.30. The van der Waals surface area contributed by atoms with Crippen LogP contribution in [-0.4, -0.2) is 96.2 Å². The number of hydrogen-bond acceptors (Lipinski definition) is 6. The topological polar surface area (TPSA) is 92.3 Å². The zero-order valence-corrected chi connectivity index (χ0v) is 15.7. The molecule has 0 unspecified atom stereocenters. The molecule has 9 nitrogen and oxygen atoms in total. The van der Waals surface area contributed by atoms with E-state index in [1.165, 1.54) is 12.4 Å². The second kappa shape index (κ2) is 7.84. The fourth-order valence-corrected chi connectivity index (χ4v) is 3.91. The van der Waals surface area contributed by atoms with Crippen LogP contribution < -0.4 is 0 Å². The predicted molar refractivity (Wildman–Crippen MR) is 97.6 cm³/mol. The Kier molecular flexibility index (Phi) is 5.27. The molecule has 4 heterocycles. The summed E-state index contributed by atoms with van der Waals surface area (Å²) >= 11 is 0. The fourth-order valence-electron chi connectivity index (χ4n) is 3.91. The van der Waals surface area contributed by atoms with Gasteiger partial charge in [0.25, 0.3) is 11.8 Å². The van der Waals surface area contributed by atoms with Gasteiger partial charge in [-0.05, 0) is 6.07 Å². The summed E-state index contributed by atoms with van der Waals surface area (Å²) in [6.45, 7) is 4.28. The van der Waals surface area contributed by atoms with Gasteiger partial charge in [-0.15, -0.1) is 0 Å². The van der Waals surface area contributed by atoms with Gasteiger partial charge in [-0.2, -0.15) is 0 Å². The van der Waals surface area contributed by atoms with Crippen molar-refractivity contribution in [2.24, 2.45) is 0 Å². The third-order valence-corrected chi connectivity index (χ3v) is 5.61. The summed E-state index contributed by atoms with van der Waals surface area (Å²) in [7, 11) is 0. The minimum Gasteiger partial charge on any atom is -0.347 e. The first-order valence-electron chi connectivity index (χ1n) is 9.61. The Morgan fingerprint density at radius 2 is 1.43 bits per heavy atom. The highest BCUT2D eigenvalue weighted by Crippen LogP contribution is 2.31. The number of piperidine rings is 1. The van der Waals surface area contributed by atoms with Crippen LogP contribution in [0.15, 0.2) is 18.5 Å². The maximum Gasteiger partial charge on any atom is 0.255 e. The first-order chi connectivity index (χ1) is 13.6. The van der Waals surface area contributed by atoms with E-state index in [0.29, 0.717) is 76.5 Å². The molecule has 1 aromatic heterocycles. The van der Waals surface area contributed by atoms with Crippen molar-refractivity contribution in [2.75, 3.05) is 52.5 Å². The number of aromatic nitrogens is 1. The maximum atomic E-state index is 12.9. The van der Waals surface area contributed by atoms with E-state index in [9.17, 15) is 14.4 Å². The van der Waals surface area contributed by atoms with Gasteiger partial charge < -0.3 is 24.2 Å². The van der Waals surface area contributed by atoms with Crippen molar-refractivity contribution < 1.29 is 23.9 Å². The number of likely N-dealkylation sites (tertiary alicyclic amines) is 1. The largest absolute Gasteiger partial charge is 0.347 e. The molecule has 3 fully saturated rings. The van der Waals surface area contributed by atoms with Crippen LogP contribution in [0.2, 0.25) is 0 Å². The van der Waals surface area contributed by atoms with Crippen molar-refractivity contribution in [2.45, 2.75) is 18.6 Å². The SMILES string of the molecule is O=CN1CCN(C(=O)c2cncc(C(=O)N3CCC4(CC3)OCCO4)c2)CC1. The molecule has 3 aliphatic rings. The van der Waals surface area contributed by atoms with Gasteiger partial charge in [-0.3, -0.25) is 19.4 Å². The molecule has 3 saturated heterocycles. The molecule has 0 radical (unpaired) electrons. The van der Waals surface area contributed by atoms with E-state index in [0.717, 1.165) is 6.41 Å². The normalized spacial score (nSPS) is 21.8. The van der Waals surface area contributed by atoms with E-state index in [4.69, 9.17) is 9.47 Å². The molecular formula is C19H24N4O5. The van der Waals surface area contributed by atoms with Crippen LogP contribution in [0, 0.1) is 0 Å². The summed E-state index contributed by atoms with van der Waals surface area (Å²) in [6.07, 6.45) is 5.07. The van der Waals surface area contributed by atoms with E-state index in [-0.39, 0.29) is 11.8 Å². The number of amides is 3. The number of piperazine rings is 1. The average molecular weight is 388 g/mol. The Hall–Kier alpha value is -2.52. The lowest BCUT2D eigenvalue weighted by molar-refractivity contribution is -0.181. The molecule has 3 aliphatic heterocycles. The Morgan fingerprint density at radius 3 is 1.96 bits per heavy atom. The number of rotatable bonds is 3. The molecule has 3 amide bonds. The molecule has 28 heavy (non-hydrogen) atoms. The molecule has 1 spiro atoms. The number of ether oxygens (including phenoxy) is 2. The lowest BCUT2D eigenvalue weighted by atomic mass is 10.0. The summed E-state index contributed by atoms with van der Waals surface area (Å²) in [5, 5.41) is 0. The van der Waals surface area contributed by atoms with Gasteiger partial charge in [-0.25, -0.2) is 0 Å². The molecular weight excluding hydrogens is 364 g/mol. The Labute approximate surface area is 163 Å². The van der Waals surface area contributed by atoms with Crippen LogP contribution in [0.1, 0.15) is 33.6 Å². The standard InChI is InChI=1S/C19H24N4O5/c24-14-21-5-7-23(8-6-21)18(26)16-11-15(12-20-13-16)17(25)22-3-1-19(2-4-22)27-9-10-28-19/h11-14H,1-10H2. The molecule has 0 saturated carbocycles. The van der Waals surface area contributed by atoms with E-state index in [1.807, 2.05) is 0 Å². The van der Waals surface area contributed by atoms with Crippen molar-refractivity contribution in [3.8, 4) is 0 Å². The minimum absolute atomic E-state index is 0.138. The van der Waals surface area contributed by atoms with Crippen molar-refractivity contribution in [3.05, 3.63) is 29.6 Å². The number of pyridine rings is 1. The van der Waals surface area contributed by atoms with E-state index in [1.54, 1.807) is 20.8 Å². The van der Waals surface area contributed by atoms with Crippen molar-refractivity contribution >= 4 is 18.2 Å². The van der Waals surface area contributed by atoms with Crippen molar-refractivity contribution in [3.63, 3.8) is 0 Å². The third kappa shape index (κ3) is 3.72. The fraction of sp³-hybridized carbons (Fsp3) is 0.579. The van der Waals surface area contributed by atoms with Gasteiger partial charge in [-0.1, -0.05) is 0 Å². The molecule has 0 atom stereocenters. The van der Waals surface area contributed by atoms with E-state index in [2.05, 4.69) is 4.98 Å². The summed E-state index contributed by atoms with van der Waals surface area (Å²) in [4.78, 5) is 45.6. The number of carbonyl (C=O) groups is 3. The monoisotopic (exact) mass is 388 g/mol. The van der Waals surface area contributed by atoms with Gasteiger partial charge >= 0.3 is 0 Å². The zero-order valence-electron chi connectivity index (χ0n) is 15.7. The summed E-state index contributed by atoms with van der Waals surface area (Å²) in [6, 6.07) is 1.61. The molecule has 9 heteroatoms. The van der Waals surface area contributed by atoms with Crippen molar-refractivity contribution in [1.29, 1.82) is 0 Å². The van der Waals surface area contributed by atoms with Crippen LogP contribution in [0.4, 0.5) is 0 Å². The van der Waals surface area contributed by atoms with Crippen LogP contribution in [0.25, 0.3) is 0 Å². The molecule has 0 aromatic carbocycles. The van der Waals surface area contributed by atoms with Gasteiger partial charge in [0.2, 0.25) is 6.41 Å². The van der Waals surface area contributed by atoms with E-state index >= 15 is 0 Å². The lowest BCUT2D eigenvalue weighted by Gasteiger charge is -2.37. The number of hydrogen-bond donors (Lipinski definition) is 0. The number of nitrogens with zero attached hydrogens (tertiary/aromatic N) is 4. The molecule has 0 aliphatic carbocycles. The zero-order chi connectivity index (χ0) is 19.6. The Balaban J connectivity index is 1.40. The highest BCUT2D eigenvalue weighted by molar-refractivity contribution is 5.99. The smallest absolute Gasteiger partial charge is 0.255 e. The van der Waals surface area contributed by atoms with Crippen LogP contribution in [0.3, 0.4) is 0 Å².